The van der Waals surface area contributed by atoms with Gasteiger partial charge in [-0.25, -0.2) is 4.39 Å². The zero-order valence-corrected chi connectivity index (χ0v) is 13.5. The zero-order valence-electron chi connectivity index (χ0n) is 13.5. The average molecular weight is 328 g/mol. The molecule has 1 fully saturated rings. The van der Waals surface area contributed by atoms with Crippen LogP contribution in [0.3, 0.4) is 0 Å². The molecule has 1 aliphatic rings. The third kappa shape index (κ3) is 3.42. The van der Waals surface area contributed by atoms with E-state index in [0.717, 1.165) is 36.8 Å². The van der Waals surface area contributed by atoms with Crippen LogP contribution in [0.5, 0.6) is 5.75 Å². The van der Waals surface area contributed by atoms with E-state index in [4.69, 9.17) is 9.47 Å². The molecule has 2 aromatic rings. The summed E-state index contributed by atoms with van der Waals surface area (Å²) in [5.41, 5.74) is 1.30. The highest BCUT2D eigenvalue weighted by molar-refractivity contribution is 5.83. The van der Waals surface area contributed by atoms with Crippen molar-refractivity contribution in [1.29, 1.82) is 0 Å². The number of esters is 1. The minimum atomic E-state index is -0.858. The number of carbonyl (C=O) groups is 1. The standard InChI is InChI=1S/C20H21FO3/c21-15-24-18-10-8-17(9-11-18)20(12-4-5-13-20)19(22)23-14-16-6-2-1-3-7-16/h1-3,6-11H,4-5,12-15H2. The van der Waals surface area contributed by atoms with Crippen LogP contribution in [-0.2, 0) is 21.6 Å². The van der Waals surface area contributed by atoms with E-state index in [9.17, 15) is 9.18 Å². The van der Waals surface area contributed by atoms with Gasteiger partial charge in [0.05, 0.1) is 5.41 Å². The fourth-order valence-electron chi connectivity index (χ4n) is 3.38. The van der Waals surface area contributed by atoms with Crippen LogP contribution in [0.2, 0.25) is 0 Å². The first-order chi connectivity index (χ1) is 11.7. The summed E-state index contributed by atoms with van der Waals surface area (Å²) in [6.45, 7) is -0.575. The molecule has 0 bridgehead atoms. The molecule has 24 heavy (non-hydrogen) atoms. The van der Waals surface area contributed by atoms with Crippen LogP contribution in [-0.4, -0.2) is 12.8 Å². The number of halogens is 1. The summed E-state index contributed by atoms with van der Waals surface area (Å²) in [7, 11) is 0. The van der Waals surface area contributed by atoms with E-state index in [1.54, 1.807) is 12.1 Å². The highest BCUT2D eigenvalue weighted by Crippen LogP contribution is 2.42. The van der Waals surface area contributed by atoms with Crippen molar-refractivity contribution in [2.75, 3.05) is 6.86 Å². The van der Waals surface area contributed by atoms with Crippen molar-refractivity contribution in [2.45, 2.75) is 37.7 Å². The Morgan fingerprint density at radius 1 is 1.00 bits per heavy atom. The highest BCUT2D eigenvalue weighted by atomic mass is 19.1. The smallest absolute Gasteiger partial charge is 0.316 e. The van der Waals surface area contributed by atoms with E-state index in [2.05, 4.69) is 0 Å². The summed E-state index contributed by atoms with van der Waals surface area (Å²) in [5.74, 6) is 0.287. The van der Waals surface area contributed by atoms with Gasteiger partial charge in [-0.3, -0.25) is 4.79 Å². The number of ether oxygens (including phenoxy) is 2. The van der Waals surface area contributed by atoms with E-state index >= 15 is 0 Å². The molecular formula is C20H21FO3. The lowest BCUT2D eigenvalue weighted by molar-refractivity contribution is -0.152. The average Bonchev–Trinajstić information content (AvgIpc) is 3.12. The lowest BCUT2D eigenvalue weighted by atomic mass is 9.79. The zero-order chi connectivity index (χ0) is 16.8. The molecule has 2 aromatic carbocycles. The Morgan fingerprint density at radius 2 is 1.67 bits per heavy atom. The van der Waals surface area contributed by atoms with Crippen molar-refractivity contribution in [2.24, 2.45) is 0 Å². The molecule has 0 atom stereocenters. The van der Waals surface area contributed by atoms with Gasteiger partial charge in [-0.15, -0.1) is 0 Å². The maximum Gasteiger partial charge on any atom is 0.316 e. The van der Waals surface area contributed by atoms with E-state index in [-0.39, 0.29) is 12.6 Å². The van der Waals surface area contributed by atoms with Gasteiger partial charge in [-0.1, -0.05) is 55.3 Å². The molecule has 0 saturated heterocycles. The second kappa shape index (κ2) is 7.47. The first-order valence-corrected chi connectivity index (χ1v) is 8.25. The molecule has 0 aromatic heterocycles. The second-order valence-electron chi connectivity index (χ2n) is 6.13. The summed E-state index contributed by atoms with van der Waals surface area (Å²) < 4.78 is 22.7. The molecule has 1 saturated carbocycles. The third-order valence-electron chi connectivity index (χ3n) is 4.69. The summed E-state index contributed by atoms with van der Waals surface area (Å²) >= 11 is 0. The van der Waals surface area contributed by atoms with E-state index in [1.807, 2.05) is 42.5 Å². The fourth-order valence-corrected chi connectivity index (χ4v) is 3.38. The number of hydrogen-bond donors (Lipinski definition) is 0. The molecule has 0 radical (unpaired) electrons. The Labute approximate surface area is 141 Å². The van der Waals surface area contributed by atoms with Gasteiger partial charge in [0, 0.05) is 0 Å². The molecule has 3 nitrogen and oxygen atoms in total. The summed E-state index contributed by atoms with van der Waals surface area (Å²) in [5, 5.41) is 0. The quantitative estimate of drug-likeness (QED) is 0.730. The Morgan fingerprint density at radius 3 is 2.29 bits per heavy atom. The van der Waals surface area contributed by atoms with Gasteiger partial charge < -0.3 is 9.47 Å². The number of hydrogen-bond acceptors (Lipinski definition) is 3. The Balaban J connectivity index is 1.76. The molecule has 4 heteroatoms. The predicted octanol–water partition coefficient (Wildman–Crippen LogP) is 4.55. The maximum absolute atomic E-state index is 12.8. The normalized spacial score (nSPS) is 15.9. The molecule has 126 valence electrons. The summed E-state index contributed by atoms with van der Waals surface area (Å²) in [6.07, 6.45) is 3.57. The summed E-state index contributed by atoms with van der Waals surface area (Å²) in [6, 6.07) is 16.8. The van der Waals surface area contributed by atoms with Crippen molar-refractivity contribution in [3.63, 3.8) is 0 Å². The molecule has 0 amide bonds. The molecule has 0 unspecified atom stereocenters. The van der Waals surface area contributed by atoms with Gasteiger partial charge >= 0.3 is 5.97 Å². The van der Waals surface area contributed by atoms with E-state index < -0.39 is 12.3 Å². The molecular weight excluding hydrogens is 307 g/mol. The van der Waals surface area contributed by atoms with Gasteiger partial charge in [-0.05, 0) is 36.1 Å². The van der Waals surface area contributed by atoms with E-state index in [0.29, 0.717) is 5.75 Å². The van der Waals surface area contributed by atoms with E-state index in [1.165, 1.54) is 0 Å². The Kier molecular flexibility index (Phi) is 5.14. The lowest BCUT2D eigenvalue weighted by Crippen LogP contribution is -2.34. The van der Waals surface area contributed by atoms with Gasteiger partial charge in [0.25, 0.3) is 0 Å². The largest absolute Gasteiger partial charge is 0.463 e. The van der Waals surface area contributed by atoms with Gasteiger partial charge in [0.2, 0.25) is 6.86 Å². The summed E-state index contributed by atoms with van der Waals surface area (Å²) in [4.78, 5) is 12.8. The molecule has 1 aliphatic carbocycles. The predicted molar refractivity (Wildman–Crippen MR) is 89.4 cm³/mol. The molecule has 0 heterocycles. The number of alkyl halides is 1. The van der Waals surface area contributed by atoms with Crippen LogP contribution in [0.15, 0.2) is 54.6 Å². The monoisotopic (exact) mass is 328 g/mol. The fraction of sp³-hybridized carbons (Fsp3) is 0.350. The topological polar surface area (TPSA) is 35.5 Å². The molecule has 0 spiro atoms. The number of rotatable bonds is 6. The second-order valence-corrected chi connectivity index (χ2v) is 6.13. The third-order valence-corrected chi connectivity index (χ3v) is 4.69. The van der Waals surface area contributed by atoms with Crippen molar-refractivity contribution in [1.82, 2.24) is 0 Å². The van der Waals surface area contributed by atoms with Crippen LogP contribution in [0.25, 0.3) is 0 Å². The molecule has 0 aliphatic heterocycles. The minimum Gasteiger partial charge on any atom is -0.463 e. The first-order valence-electron chi connectivity index (χ1n) is 8.25. The van der Waals surface area contributed by atoms with Crippen LogP contribution >= 0.6 is 0 Å². The Bertz CT molecular complexity index is 661. The van der Waals surface area contributed by atoms with Gasteiger partial charge in [0.1, 0.15) is 12.4 Å². The Hall–Kier alpha value is -2.36. The van der Waals surface area contributed by atoms with Crippen LogP contribution in [0.1, 0.15) is 36.8 Å². The lowest BCUT2D eigenvalue weighted by Gasteiger charge is -2.27. The van der Waals surface area contributed by atoms with Gasteiger partial charge in [0.15, 0.2) is 0 Å². The van der Waals surface area contributed by atoms with Crippen molar-refractivity contribution in [3.05, 3.63) is 65.7 Å². The minimum absolute atomic E-state index is 0.178. The number of benzene rings is 2. The van der Waals surface area contributed by atoms with Gasteiger partial charge in [-0.2, -0.15) is 0 Å². The first kappa shape index (κ1) is 16.5. The molecule has 0 N–H and O–H groups in total. The van der Waals surface area contributed by atoms with Crippen LogP contribution in [0.4, 0.5) is 4.39 Å². The van der Waals surface area contributed by atoms with Crippen LogP contribution in [0, 0.1) is 0 Å². The SMILES string of the molecule is O=C(OCc1ccccc1)C1(c2ccc(OCF)cc2)CCCC1. The molecule has 3 rings (SSSR count). The van der Waals surface area contributed by atoms with Crippen molar-refractivity contribution >= 4 is 5.97 Å². The van der Waals surface area contributed by atoms with Crippen molar-refractivity contribution in [3.8, 4) is 5.75 Å². The van der Waals surface area contributed by atoms with Crippen molar-refractivity contribution < 1.29 is 18.7 Å². The highest BCUT2D eigenvalue weighted by Gasteiger charge is 2.44. The number of carbonyl (C=O) groups excluding carboxylic acids is 1. The maximum atomic E-state index is 12.8. The van der Waals surface area contributed by atoms with Crippen LogP contribution < -0.4 is 4.74 Å².